The Morgan fingerprint density at radius 3 is 2.83 bits per heavy atom. The lowest BCUT2D eigenvalue weighted by Crippen LogP contribution is -2.14. The van der Waals surface area contributed by atoms with E-state index in [-0.39, 0.29) is 23.8 Å². The predicted molar refractivity (Wildman–Crippen MR) is 115 cm³/mol. The van der Waals surface area contributed by atoms with Gasteiger partial charge in [0.1, 0.15) is 17.9 Å². The number of aldehydes is 1. The number of aromatic nitrogens is 4. The van der Waals surface area contributed by atoms with Crippen LogP contribution in [0.3, 0.4) is 0 Å². The number of rotatable bonds is 6. The minimum absolute atomic E-state index is 0.125. The van der Waals surface area contributed by atoms with Crippen LogP contribution < -0.4 is 10.5 Å². The predicted octanol–water partition coefficient (Wildman–Crippen LogP) is 4.39. The maximum atomic E-state index is 11.1. The van der Waals surface area contributed by atoms with E-state index in [1.807, 2.05) is 0 Å². The van der Waals surface area contributed by atoms with Crippen molar-refractivity contribution in [2.75, 3.05) is 5.73 Å². The number of nitrogens with zero attached hydrogens (tertiary/aromatic N) is 4. The smallest absolute Gasteiger partial charge is 0.175 e. The molecular formula is C20H14Cl2N6O2. The summed E-state index contributed by atoms with van der Waals surface area (Å²) in [6.45, 7) is 0.125. The first-order valence-electron chi connectivity index (χ1n) is 8.70. The van der Waals surface area contributed by atoms with Crippen LogP contribution in [0.2, 0.25) is 10.0 Å². The number of halogens is 2. The summed E-state index contributed by atoms with van der Waals surface area (Å²) in [4.78, 5) is 15.1. The number of hydrogen-bond acceptors (Lipinski definition) is 7. The molecule has 0 aliphatic heterocycles. The Labute approximate surface area is 180 Å². The minimum Gasteiger partial charge on any atom is -0.453 e. The van der Waals surface area contributed by atoms with Crippen LogP contribution in [0, 0.1) is 5.41 Å². The highest BCUT2D eigenvalue weighted by atomic mass is 35.5. The third kappa shape index (κ3) is 3.83. The van der Waals surface area contributed by atoms with Gasteiger partial charge >= 0.3 is 0 Å². The van der Waals surface area contributed by atoms with E-state index in [4.69, 9.17) is 39.1 Å². The summed E-state index contributed by atoms with van der Waals surface area (Å²) in [5, 5.41) is 17.3. The number of carbonyl (C=O) groups is 1. The Hall–Kier alpha value is -3.49. The molecule has 3 N–H and O–H groups in total. The molecule has 2 aromatic heterocycles. The van der Waals surface area contributed by atoms with Crippen LogP contribution >= 0.6 is 23.2 Å². The number of fused-ring (bicyclic) bond motifs is 1. The van der Waals surface area contributed by atoms with E-state index in [2.05, 4.69) is 15.3 Å². The Kier molecular flexibility index (Phi) is 5.35. The number of nitrogens with two attached hydrogens (primary N) is 1. The van der Waals surface area contributed by atoms with Crippen LogP contribution in [0.5, 0.6) is 11.5 Å². The number of anilines is 1. The van der Waals surface area contributed by atoms with Crippen LogP contribution in [-0.4, -0.2) is 32.0 Å². The van der Waals surface area contributed by atoms with Gasteiger partial charge in [0.15, 0.2) is 11.3 Å². The monoisotopic (exact) mass is 440 g/mol. The van der Waals surface area contributed by atoms with E-state index < -0.39 is 0 Å². The highest BCUT2D eigenvalue weighted by Crippen LogP contribution is 2.36. The fourth-order valence-corrected chi connectivity index (χ4v) is 3.36. The van der Waals surface area contributed by atoms with Gasteiger partial charge in [-0.1, -0.05) is 28.4 Å². The lowest BCUT2D eigenvalue weighted by atomic mass is 10.1. The Morgan fingerprint density at radius 1 is 1.23 bits per heavy atom. The van der Waals surface area contributed by atoms with E-state index in [0.29, 0.717) is 44.2 Å². The van der Waals surface area contributed by atoms with E-state index in [1.165, 1.54) is 6.07 Å². The zero-order valence-electron chi connectivity index (χ0n) is 15.3. The minimum atomic E-state index is 0.125. The maximum absolute atomic E-state index is 11.1. The summed E-state index contributed by atoms with van der Waals surface area (Å²) in [5.74, 6) is 0.877. The zero-order valence-corrected chi connectivity index (χ0v) is 16.9. The summed E-state index contributed by atoms with van der Waals surface area (Å²) in [6.07, 6.45) is 2.24. The third-order valence-corrected chi connectivity index (χ3v) is 4.83. The second-order valence-electron chi connectivity index (χ2n) is 6.35. The van der Waals surface area contributed by atoms with Gasteiger partial charge in [0.25, 0.3) is 0 Å². The topological polar surface area (TPSA) is 120 Å². The quantitative estimate of drug-likeness (QED) is 0.338. The first kappa shape index (κ1) is 19.8. The molecule has 0 bridgehead atoms. The lowest BCUT2D eigenvalue weighted by molar-refractivity contribution is 0.112. The van der Waals surface area contributed by atoms with Crippen molar-refractivity contribution in [2.24, 2.45) is 0 Å². The molecule has 2 heterocycles. The summed E-state index contributed by atoms with van der Waals surface area (Å²) in [5.41, 5.74) is 7.99. The van der Waals surface area contributed by atoms with Gasteiger partial charge in [-0.3, -0.25) is 4.79 Å². The Morgan fingerprint density at radius 2 is 2.07 bits per heavy atom. The molecule has 8 nitrogen and oxygen atoms in total. The van der Waals surface area contributed by atoms with Crippen molar-refractivity contribution in [1.29, 1.82) is 5.41 Å². The van der Waals surface area contributed by atoms with Crippen molar-refractivity contribution in [2.45, 2.75) is 6.54 Å². The van der Waals surface area contributed by atoms with Crippen molar-refractivity contribution in [3.8, 4) is 11.5 Å². The molecule has 0 saturated carbocycles. The molecule has 4 rings (SSSR count). The molecule has 2 aromatic carbocycles. The largest absolute Gasteiger partial charge is 0.453 e. The van der Waals surface area contributed by atoms with E-state index >= 15 is 0 Å². The van der Waals surface area contributed by atoms with Crippen molar-refractivity contribution in [3.05, 3.63) is 69.8 Å². The first-order valence-corrected chi connectivity index (χ1v) is 9.45. The van der Waals surface area contributed by atoms with Gasteiger partial charge in [-0.15, -0.1) is 5.10 Å². The van der Waals surface area contributed by atoms with Crippen molar-refractivity contribution < 1.29 is 9.53 Å². The van der Waals surface area contributed by atoms with Gasteiger partial charge in [-0.2, -0.15) is 0 Å². The molecule has 30 heavy (non-hydrogen) atoms. The van der Waals surface area contributed by atoms with E-state index in [0.717, 1.165) is 0 Å². The summed E-state index contributed by atoms with van der Waals surface area (Å²) < 4.78 is 7.44. The number of ether oxygens (including phenoxy) is 1. The number of nitrogen functional groups attached to an aromatic ring is 1. The van der Waals surface area contributed by atoms with Gasteiger partial charge < -0.3 is 15.9 Å². The van der Waals surface area contributed by atoms with Gasteiger partial charge in [0, 0.05) is 22.3 Å². The fraction of sp³-hybridized carbons (Fsp3) is 0.0500. The Bertz CT molecular complexity index is 1290. The van der Waals surface area contributed by atoms with Crippen LogP contribution in [-0.2, 0) is 6.54 Å². The molecule has 0 saturated heterocycles. The number of carbonyl (C=O) groups excluding carboxylic acids is 1. The van der Waals surface area contributed by atoms with Crippen LogP contribution in [0.15, 0.2) is 48.7 Å². The zero-order chi connectivity index (χ0) is 21.3. The van der Waals surface area contributed by atoms with Gasteiger partial charge in [0.05, 0.1) is 22.8 Å². The second-order valence-corrected chi connectivity index (χ2v) is 7.19. The van der Waals surface area contributed by atoms with Gasteiger partial charge in [-0.25, -0.2) is 9.67 Å². The van der Waals surface area contributed by atoms with Crippen molar-refractivity contribution >= 4 is 52.1 Å². The van der Waals surface area contributed by atoms with Crippen LogP contribution in [0.1, 0.15) is 15.9 Å². The molecule has 0 aliphatic carbocycles. The summed E-state index contributed by atoms with van der Waals surface area (Å²) in [6, 6.07) is 11.4. The highest BCUT2D eigenvalue weighted by molar-refractivity contribution is 6.33. The molecule has 0 atom stereocenters. The molecule has 0 radical (unpaired) electrons. The average Bonchev–Trinajstić information content (AvgIpc) is 3.12. The Balaban J connectivity index is 1.70. The molecule has 4 aromatic rings. The first-order chi connectivity index (χ1) is 14.5. The SMILES string of the molecule is N=C(Cn1nnc2c(Oc3cc(Cl)cc(C=O)c3)c(Cl)ccc21)c1cccnc1N. The average molecular weight is 441 g/mol. The molecule has 0 amide bonds. The van der Waals surface area contributed by atoms with E-state index in [1.54, 1.807) is 47.3 Å². The van der Waals surface area contributed by atoms with Crippen LogP contribution in [0.4, 0.5) is 5.82 Å². The molecule has 0 spiro atoms. The summed E-state index contributed by atoms with van der Waals surface area (Å²) >= 11 is 12.4. The van der Waals surface area contributed by atoms with Gasteiger partial charge in [0.2, 0.25) is 0 Å². The molecule has 0 fully saturated rings. The maximum Gasteiger partial charge on any atom is 0.175 e. The third-order valence-electron chi connectivity index (χ3n) is 4.31. The lowest BCUT2D eigenvalue weighted by Gasteiger charge is -2.10. The molecule has 0 aliphatic rings. The van der Waals surface area contributed by atoms with Crippen LogP contribution in [0.25, 0.3) is 11.0 Å². The summed E-state index contributed by atoms with van der Waals surface area (Å²) in [7, 11) is 0. The molecule has 0 unspecified atom stereocenters. The number of hydrogen-bond donors (Lipinski definition) is 2. The van der Waals surface area contributed by atoms with Crippen molar-refractivity contribution in [1.82, 2.24) is 20.0 Å². The van der Waals surface area contributed by atoms with E-state index in [9.17, 15) is 4.79 Å². The normalized spacial score (nSPS) is 10.9. The van der Waals surface area contributed by atoms with Gasteiger partial charge in [-0.05, 0) is 42.5 Å². The second kappa shape index (κ2) is 8.10. The molecule has 10 heteroatoms. The standard InChI is InChI=1S/C20H14Cl2N6O2/c21-12-6-11(10-29)7-13(8-12)30-19-15(22)3-4-17-18(19)26-27-28(17)9-16(23)14-2-1-5-25-20(14)24/h1-8,10,23H,9H2,(H2,24,25). The highest BCUT2D eigenvalue weighted by Gasteiger charge is 2.17. The van der Waals surface area contributed by atoms with Crippen molar-refractivity contribution in [3.63, 3.8) is 0 Å². The fourth-order valence-electron chi connectivity index (χ4n) is 2.94. The number of benzene rings is 2. The molecule has 150 valence electrons. The number of pyridine rings is 1. The molecular weight excluding hydrogens is 427 g/mol. The number of nitrogens with one attached hydrogen (secondary N) is 1.